The molecule has 0 unspecified atom stereocenters. The molecule has 8 aromatic rings. The first kappa shape index (κ1) is 32.9. The van der Waals surface area contributed by atoms with Gasteiger partial charge in [0.15, 0.2) is 22.7 Å². The van der Waals surface area contributed by atoms with Crippen molar-refractivity contribution in [1.29, 1.82) is 10.5 Å². The molecule has 2 N–H and O–H groups in total. The lowest BCUT2D eigenvalue weighted by atomic mass is 9.86. The van der Waals surface area contributed by atoms with E-state index in [1.807, 2.05) is 61.5 Å². The molecule has 0 spiro atoms. The molecule has 10 heterocycles. The van der Waals surface area contributed by atoms with Gasteiger partial charge in [0.2, 0.25) is 0 Å². The molecule has 10 rings (SSSR count). The molecule has 2 fully saturated rings. The first-order chi connectivity index (χ1) is 26.5. The summed E-state index contributed by atoms with van der Waals surface area (Å²) < 4.78 is 4.40. The second-order valence-electron chi connectivity index (χ2n) is 14.1. The molecule has 16 heteroatoms. The third-order valence-electron chi connectivity index (χ3n) is 10.9. The molecule has 0 bridgehead atoms. The number of anilines is 2. The van der Waals surface area contributed by atoms with Crippen molar-refractivity contribution >= 4 is 45.0 Å². The van der Waals surface area contributed by atoms with Crippen LogP contribution in [0.2, 0.25) is 0 Å². The molecule has 2 aliphatic heterocycles. The topological polar surface area (TPSA) is 198 Å². The lowest BCUT2D eigenvalue weighted by molar-refractivity contribution is 0.365. The Labute approximate surface area is 309 Å². The third kappa shape index (κ3) is 5.78. The van der Waals surface area contributed by atoms with Crippen molar-refractivity contribution in [2.75, 3.05) is 36.0 Å². The number of hydrogen-bond acceptors (Lipinski definition) is 12. The van der Waals surface area contributed by atoms with Gasteiger partial charge in [0.25, 0.3) is 0 Å². The van der Waals surface area contributed by atoms with E-state index in [2.05, 4.69) is 72.3 Å². The number of nitriles is 2. The molecule has 8 aromatic heterocycles. The average Bonchev–Trinajstić information content (AvgIpc) is 4.04. The highest BCUT2D eigenvalue weighted by atomic mass is 15.2. The van der Waals surface area contributed by atoms with Gasteiger partial charge < -0.3 is 19.8 Å². The zero-order chi connectivity index (χ0) is 36.8. The number of rotatable bonds is 4. The normalized spacial score (nSPS) is 20.2. The van der Waals surface area contributed by atoms with E-state index in [4.69, 9.17) is 20.5 Å². The molecule has 16 nitrogen and oxygen atoms in total. The molecule has 0 aliphatic carbocycles. The zero-order valence-electron chi connectivity index (χ0n) is 29.7. The molecule has 0 radical (unpaired) electrons. The maximum absolute atomic E-state index is 8.93. The highest BCUT2D eigenvalue weighted by Crippen LogP contribution is 2.36. The van der Waals surface area contributed by atoms with Gasteiger partial charge in [0.1, 0.15) is 35.4 Å². The van der Waals surface area contributed by atoms with Gasteiger partial charge in [-0.3, -0.25) is 8.80 Å². The highest BCUT2D eigenvalue weighted by molar-refractivity contribution is 5.76. The van der Waals surface area contributed by atoms with Crippen molar-refractivity contribution in [3.05, 3.63) is 97.1 Å². The molecule has 4 atom stereocenters. The van der Waals surface area contributed by atoms with Gasteiger partial charge in [0.05, 0.1) is 71.6 Å². The number of aromatic nitrogens is 12. The Morgan fingerprint density at radius 3 is 1.43 bits per heavy atom. The minimum absolute atomic E-state index is 0.263. The monoisotopic (exact) mass is 716 g/mol. The fraction of sp³-hybridized carbons (Fsp3) is 0.316. The Balaban J connectivity index is 0.000000142. The van der Waals surface area contributed by atoms with Crippen LogP contribution in [-0.4, -0.2) is 84.8 Å². The standard InChI is InChI=1S/2C19H18N8/c2*1-12-3-5-26(17-10-22-13(6-20)7-23-17)11-15(12)19-25-9-14-8-24-18-16(27(14)19)2-4-21-18/h2*2,4,7-10,12,15,21H,3,5,11H2,1H3/t2*12-,15+/m10/s1. The molecule has 2 aliphatic rings. The number of hydrogen-bond donors (Lipinski definition) is 2. The van der Waals surface area contributed by atoms with Crippen LogP contribution < -0.4 is 9.80 Å². The number of piperidine rings is 2. The van der Waals surface area contributed by atoms with E-state index in [0.717, 1.165) is 95.7 Å². The van der Waals surface area contributed by atoms with Gasteiger partial charge in [-0.2, -0.15) is 10.5 Å². The van der Waals surface area contributed by atoms with Gasteiger partial charge in [-0.15, -0.1) is 0 Å². The summed E-state index contributed by atoms with van der Waals surface area (Å²) in [5, 5.41) is 17.9. The molecule has 0 saturated carbocycles. The Kier molecular flexibility index (Phi) is 8.27. The summed E-state index contributed by atoms with van der Waals surface area (Å²) >= 11 is 0. The van der Waals surface area contributed by atoms with Crippen LogP contribution in [0.4, 0.5) is 11.6 Å². The first-order valence-corrected chi connectivity index (χ1v) is 18.0. The predicted molar refractivity (Wildman–Crippen MR) is 201 cm³/mol. The lowest BCUT2D eigenvalue weighted by Crippen LogP contribution is -2.39. The minimum atomic E-state index is 0.263. The summed E-state index contributed by atoms with van der Waals surface area (Å²) in [6.07, 6.45) is 19.8. The quantitative estimate of drug-likeness (QED) is 0.247. The van der Waals surface area contributed by atoms with E-state index in [-0.39, 0.29) is 11.8 Å². The van der Waals surface area contributed by atoms with Crippen LogP contribution >= 0.6 is 0 Å². The average molecular weight is 717 g/mol. The largest absolute Gasteiger partial charge is 0.355 e. The number of fused-ring (bicyclic) bond motifs is 6. The number of nitrogens with one attached hydrogen (secondary N) is 2. The number of H-pyrrole nitrogens is 2. The maximum atomic E-state index is 8.93. The van der Waals surface area contributed by atoms with Gasteiger partial charge in [-0.05, 0) is 36.8 Å². The van der Waals surface area contributed by atoms with E-state index < -0.39 is 0 Å². The van der Waals surface area contributed by atoms with Crippen molar-refractivity contribution in [1.82, 2.24) is 58.6 Å². The molecule has 0 aromatic carbocycles. The van der Waals surface area contributed by atoms with Crippen LogP contribution in [0.1, 0.15) is 61.6 Å². The van der Waals surface area contributed by atoms with Crippen molar-refractivity contribution < 1.29 is 0 Å². The van der Waals surface area contributed by atoms with Gasteiger partial charge in [-0.1, -0.05) is 13.8 Å². The van der Waals surface area contributed by atoms with Crippen molar-refractivity contribution in [3.8, 4) is 12.1 Å². The molecule has 54 heavy (non-hydrogen) atoms. The number of aromatic amines is 2. The first-order valence-electron chi connectivity index (χ1n) is 18.0. The van der Waals surface area contributed by atoms with E-state index in [1.165, 1.54) is 12.4 Å². The smallest absolute Gasteiger partial charge is 0.158 e. The third-order valence-corrected chi connectivity index (χ3v) is 10.9. The lowest BCUT2D eigenvalue weighted by Gasteiger charge is -2.37. The SMILES string of the molecule is C[C@@H]1CCN(c2cnc(C#N)cn2)C[C@@H]1c1ncc2cnc3[nH]ccc3n12.C[C@H]1CCN(c2cnc(C#N)cn2)C[C@H]1c1ncc2cnc3[nH]ccc3n12. The summed E-state index contributed by atoms with van der Waals surface area (Å²) in [6.45, 7) is 8.03. The maximum Gasteiger partial charge on any atom is 0.158 e. The zero-order valence-corrected chi connectivity index (χ0v) is 29.7. The van der Waals surface area contributed by atoms with E-state index >= 15 is 0 Å². The highest BCUT2D eigenvalue weighted by Gasteiger charge is 2.33. The van der Waals surface area contributed by atoms with Crippen LogP contribution in [-0.2, 0) is 0 Å². The van der Waals surface area contributed by atoms with Crippen molar-refractivity contribution in [2.24, 2.45) is 11.8 Å². The minimum Gasteiger partial charge on any atom is -0.355 e. The van der Waals surface area contributed by atoms with Crippen LogP contribution in [0.5, 0.6) is 0 Å². The molecular weight excluding hydrogens is 681 g/mol. The van der Waals surface area contributed by atoms with Crippen LogP contribution in [0.15, 0.2) is 74.1 Å². The van der Waals surface area contributed by atoms with Gasteiger partial charge >= 0.3 is 0 Å². The van der Waals surface area contributed by atoms with E-state index in [0.29, 0.717) is 23.2 Å². The Hall–Kier alpha value is -6.94. The Morgan fingerprint density at radius 2 is 1.02 bits per heavy atom. The van der Waals surface area contributed by atoms with E-state index in [1.54, 1.807) is 12.4 Å². The molecule has 2 saturated heterocycles. The second kappa shape index (κ2) is 13.6. The molecule has 268 valence electrons. The second-order valence-corrected chi connectivity index (χ2v) is 14.1. The number of nitrogens with zero attached hydrogens (tertiary/aromatic N) is 14. The van der Waals surface area contributed by atoms with Crippen molar-refractivity contribution in [2.45, 2.75) is 38.5 Å². The predicted octanol–water partition coefficient (Wildman–Crippen LogP) is 5.00. The van der Waals surface area contributed by atoms with Gasteiger partial charge in [-0.25, -0.2) is 39.9 Å². The fourth-order valence-corrected chi connectivity index (χ4v) is 7.84. The molecule has 0 amide bonds. The number of imidazole rings is 2. The Morgan fingerprint density at radius 1 is 0.574 bits per heavy atom. The molecular formula is C38H36N16. The summed E-state index contributed by atoms with van der Waals surface area (Å²) in [6, 6.07) is 8.11. The summed E-state index contributed by atoms with van der Waals surface area (Å²) in [5.74, 6) is 5.24. The van der Waals surface area contributed by atoms with Crippen LogP contribution in [0.3, 0.4) is 0 Å². The van der Waals surface area contributed by atoms with E-state index in [9.17, 15) is 0 Å². The van der Waals surface area contributed by atoms with Crippen molar-refractivity contribution in [3.63, 3.8) is 0 Å². The summed E-state index contributed by atoms with van der Waals surface area (Å²) in [5.41, 5.74) is 6.48. The summed E-state index contributed by atoms with van der Waals surface area (Å²) in [7, 11) is 0. The van der Waals surface area contributed by atoms with Gasteiger partial charge in [0, 0.05) is 50.4 Å². The fourth-order valence-electron chi connectivity index (χ4n) is 7.84. The van der Waals surface area contributed by atoms with Crippen LogP contribution in [0, 0.1) is 34.5 Å². The Bertz CT molecular complexity index is 2490. The van der Waals surface area contributed by atoms with Crippen LogP contribution in [0.25, 0.3) is 33.4 Å². The summed E-state index contributed by atoms with van der Waals surface area (Å²) in [4.78, 5) is 46.4.